The zero-order chi connectivity index (χ0) is 16.2. The molecule has 1 aromatic heterocycles. The van der Waals surface area contributed by atoms with Crippen LogP contribution in [0, 0.1) is 0 Å². The van der Waals surface area contributed by atoms with Gasteiger partial charge in [0.05, 0.1) is 11.9 Å². The third kappa shape index (κ3) is 3.41. The number of H-pyrrole nitrogens is 1. The molecule has 2 heterocycles. The van der Waals surface area contributed by atoms with Gasteiger partial charge in [0.15, 0.2) is 0 Å². The minimum Gasteiger partial charge on any atom is -0.366 e. The van der Waals surface area contributed by atoms with Gasteiger partial charge in [-0.2, -0.15) is 5.10 Å². The van der Waals surface area contributed by atoms with E-state index in [-0.39, 0.29) is 10.6 Å². The van der Waals surface area contributed by atoms with Crippen molar-refractivity contribution in [2.45, 2.75) is 19.4 Å². The van der Waals surface area contributed by atoms with Crippen molar-refractivity contribution >= 4 is 17.3 Å². The van der Waals surface area contributed by atoms with E-state index in [1.54, 1.807) is 6.20 Å². The standard InChI is InChI=1S/C17H21ClN4O/c1-2-14(13-6-4-3-5-7-13)21-8-10-22(11-9-21)15-12-19-20-17(23)16(15)18/h3-7,12,14H,2,8-11H2,1H3,(H,20,23)/t14-/m1/s1. The molecule has 0 spiro atoms. The van der Waals surface area contributed by atoms with Crippen molar-refractivity contribution in [1.82, 2.24) is 15.1 Å². The highest BCUT2D eigenvalue weighted by atomic mass is 35.5. The van der Waals surface area contributed by atoms with Crippen LogP contribution in [0.4, 0.5) is 5.69 Å². The van der Waals surface area contributed by atoms with E-state index in [1.807, 2.05) is 0 Å². The SMILES string of the molecule is CC[C@H](c1ccccc1)N1CCN(c2cn[nH]c(=O)c2Cl)CC1. The van der Waals surface area contributed by atoms with E-state index >= 15 is 0 Å². The summed E-state index contributed by atoms with van der Waals surface area (Å²) in [6.45, 7) is 5.79. The molecule has 0 saturated carbocycles. The van der Waals surface area contributed by atoms with Crippen molar-refractivity contribution in [3.05, 3.63) is 57.5 Å². The smallest absolute Gasteiger partial charge is 0.285 e. The molecule has 0 radical (unpaired) electrons. The van der Waals surface area contributed by atoms with Crippen LogP contribution in [0.2, 0.25) is 5.02 Å². The maximum Gasteiger partial charge on any atom is 0.285 e. The Hall–Kier alpha value is -1.85. The molecule has 23 heavy (non-hydrogen) atoms. The highest BCUT2D eigenvalue weighted by Crippen LogP contribution is 2.27. The van der Waals surface area contributed by atoms with Crippen molar-refractivity contribution in [2.24, 2.45) is 0 Å². The van der Waals surface area contributed by atoms with Crippen molar-refractivity contribution in [3.63, 3.8) is 0 Å². The second-order valence-corrected chi connectivity index (χ2v) is 6.13. The minimum atomic E-state index is -0.331. The van der Waals surface area contributed by atoms with Crippen molar-refractivity contribution in [2.75, 3.05) is 31.1 Å². The predicted molar refractivity (Wildman–Crippen MR) is 93.1 cm³/mol. The number of halogens is 1. The number of aromatic amines is 1. The molecule has 0 amide bonds. The van der Waals surface area contributed by atoms with Crippen LogP contribution in [-0.2, 0) is 0 Å². The van der Waals surface area contributed by atoms with Crippen molar-refractivity contribution < 1.29 is 0 Å². The Bertz CT molecular complexity index is 695. The van der Waals surface area contributed by atoms with Gasteiger partial charge in [-0.3, -0.25) is 9.69 Å². The quantitative estimate of drug-likeness (QED) is 0.935. The van der Waals surface area contributed by atoms with Crippen LogP contribution in [-0.4, -0.2) is 41.3 Å². The Kier molecular flexibility index (Phi) is 4.98. The lowest BCUT2D eigenvalue weighted by Gasteiger charge is -2.40. The molecule has 2 aromatic rings. The normalized spacial score (nSPS) is 17.2. The van der Waals surface area contributed by atoms with Crippen LogP contribution in [0.3, 0.4) is 0 Å². The molecule has 1 atom stereocenters. The van der Waals surface area contributed by atoms with Gasteiger partial charge in [-0.15, -0.1) is 0 Å². The molecule has 1 saturated heterocycles. The fraction of sp³-hybridized carbons (Fsp3) is 0.412. The molecule has 6 heteroatoms. The van der Waals surface area contributed by atoms with Gasteiger partial charge in [0.25, 0.3) is 5.56 Å². The number of nitrogens with zero attached hydrogens (tertiary/aromatic N) is 3. The summed E-state index contributed by atoms with van der Waals surface area (Å²) >= 11 is 6.11. The first kappa shape index (κ1) is 16.0. The molecule has 0 aliphatic carbocycles. The first-order valence-corrected chi connectivity index (χ1v) is 8.35. The van der Waals surface area contributed by atoms with E-state index in [0.717, 1.165) is 38.3 Å². The Morgan fingerprint density at radius 2 is 1.91 bits per heavy atom. The average Bonchev–Trinajstić information content (AvgIpc) is 2.60. The van der Waals surface area contributed by atoms with Crippen LogP contribution in [0.1, 0.15) is 24.9 Å². The lowest BCUT2D eigenvalue weighted by Crippen LogP contribution is -2.48. The maximum atomic E-state index is 11.6. The molecule has 122 valence electrons. The number of hydrogen-bond acceptors (Lipinski definition) is 4. The molecular weight excluding hydrogens is 312 g/mol. The lowest BCUT2D eigenvalue weighted by molar-refractivity contribution is 0.181. The molecule has 1 N–H and O–H groups in total. The summed E-state index contributed by atoms with van der Waals surface area (Å²) < 4.78 is 0. The number of anilines is 1. The minimum absolute atomic E-state index is 0.226. The molecule has 1 aromatic carbocycles. The number of benzene rings is 1. The lowest BCUT2D eigenvalue weighted by atomic mass is 10.0. The van der Waals surface area contributed by atoms with Gasteiger partial charge in [0, 0.05) is 32.2 Å². The van der Waals surface area contributed by atoms with E-state index in [4.69, 9.17) is 11.6 Å². The maximum absolute atomic E-state index is 11.6. The van der Waals surface area contributed by atoms with Gasteiger partial charge in [-0.1, -0.05) is 48.9 Å². The summed E-state index contributed by atoms with van der Waals surface area (Å²) in [7, 11) is 0. The van der Waals surface area contributed by atoms with Gasteiger partial charge in [-0.05, 0) is 12.0 Å². The van der Waals surface area contributed by atoms with Gasteiger partial charge in [0.2, 0.25) is 0 Å². The number of nitrogens with one attached hydrogen (secondary N) is 1. The third-order valence-electron chi connectivity index (χ3n) is 4.44. The van der Waals surface area contributed by atoms with Crippen LogP contribution >= 0.6 is 11.6 Å². The summed E-state index contributed by atoms with van der Waals surface area (Å²) in [5, 5.41) is 6.45. The number of rotatable bonds is 4. The summed E-state index contributed by atoms with van der Waals surface area (Å²) in [4.78, 5) is 16.2. The van der Waals surface area contributed by atoms with Crippen LogP contribution in [0.25, 0.3) is 0 Å². The van der Waals surface area contributed by atoms with E-state index in [1.165, 1.54) is 5.56 Å². The summed E-state index contributed by atoms with van der Waals surface area (Å²) in [6, 6.07) is 11.1. The number of aromatic nitrogens is 2. The van der Waals surface area contributed by atoms with Gasteiger partial charge in [0.1, 0.15) is 5.02 Å². The molecule has 1 aliphatic heterocycles. The highest BCUT2D eigenvalue weighted by molar-refractivity contribution is 6.32. The Morgan fingerprint density at radius 1 is 1.22 bits per heavy atom. The first-order chi connectivity index (χ1) is 11.2. The third-order valence-corrected chi connectivity index (χ3v) is 4.81. The van der Waals surface area contributed by atoms with E-state index < -0.39 is 0 Å². The fourth-order valence-electron chi connectivity index (χ4n) is 3.25. The monoisotopic (exact) mass is 332 g/mol. The fourth-order valence-corrected chi connectivity index (χ4v) is 3.46. The molecule has 5 nitrogen and oxygen atoms in total. The molecule has 1 fully saturated rings. The second-order valence-electron chi connectivity index (χ2n) is 5.76. The topological polar surface area (TPSA) is 52.2 Å². The van der Waals surface area contributed by atoms with Crippen LogP contribution in [0.5, 0.6) is 0 Å². The largest absolute Gasteiger partial charge is 0.366 e. The number of piperazine rings is 1. The molecule has 1 aliphatic rings. The van der Waals surface area contributed by atoms with E-state index in [0.29, 0.717) is 6.04 Å². The highest BCUT2D eigenvalue weighted by Gasteiger charge is 2.25. The van der Waals surface area contributed by atoms with E-state index in [9.17, 15) is 4.79 Å². The van der Waals surface area contributed by atoms with Gasteiger partial charge < -0.3 is 4.90 Å². The zero-order valence-electron chi connectivity index (χ0n) is 13.2. The van der Waals surface area contributed by atoms with Crippen molar-refractivity contribution in [3.8, 4) is 0 Å². The Morgan fingerprint density at radius 3 is 2.57 bits per heavy atom. The molecule has 0 bridgehead atoms. The summed E-state index contributed by atoms with van der Waals surface area (Å²) in [5.74, 6) is 0. The van der Waals surface area contributed by atoms with Crippen LogP contribution < -0.4 is 10.5 Å². The van der Waals surface area contributed by atoms with Crippen LogP contribution in [0.15, 0.2) is 41.3 Å². The Balaban J connectivity index is 1.70. The molecular formula is C17H21ClN4O. The van der Waals surface area contributed by atoms with Gasteiger partial charge in [-0.25, -0.2) is 5.10 Å². The summed E-state index contributed by atoms with van der Waals surface area (Å²) in [5.41, 5.74) is 1.75. The second kappa shape index (κ2) is 7.15. The van der Waals surface area contributed by atoms with Crippen molar-refractivity contribution in [1.29, 1.82) is 0 Å². The average molecular weight is 333 g/mol. The molecule has 3 rings (SSSR count). The predicted octanol–water partition coefficient (Wildman–Crippen LogP) is 2.70. The van der Waals surface area contributed by atoms with Gasteiger partial charge >= 0.3 is 0 Å². The Labute approximate surface area is 140 Å². The number of hydrogen-bond donors (Lipinski definition) is 1. The molecule has 0 unspecified atom stereocenters. The van der Waals surface area contributed by atoms with E-state index in [2.05, 4.69) is 57.3 Å². The zero-order valence-corrected chi connectivity index (χ0v) is 14.0. The first-order valence-electron chi connectivity index (χ1n) is 7.98. The summed E-state index contributed by atoms with van der Waals surface area (Å²) in [6.07, 6.45) is 2.71.